The standard InChI is InChI=1S/C18H12ClF3N2O4/c1-6-12-16(13(19)15(22)14(6)21)24(4-8(17(12)26)18(27)28)11-3-10(23)9(20)2-7(11)5-25/h2-4,25H,5,23H2,1H3,(H,27,28). The molecule has 0 unspecified atom stereocenters. The lowest BCUT2D eigenvalue weighted by Gasteiger charge is -2.19. The first-order valence-electron chi connectivity index (χ1n) is 7.75. The zero-order valence-electron chi connectivity index (χ0n) is 14.2. The van der Waals surface area contributed by atoms with Crippen LogP contribution in [0.1, 0.15) is 21.5 Å². The molecule has 0 aliphatic carbocycles. The van der Waals surface area contributed by atoms with Crippen molar-refractivity contribution in [3.8, 4) is 5.69 Å². The van der Waals surface area contributed by atoms with Crippen LogP contribution in [0.25, 0.3) is 16.6 Å². The summed E-state index contributed by atoms with van der Waals surface area (Å²) >= 11 is 5.94. The third kappa shape index (κ3) is 2.79. The van der Waals surface area contributed by atoms with Crippen LogP contribution in [-0.4, -0.2) is 20.7 Å². The molecule has 2 aromatic carbocycles. The SMILES string of the molecule is Cc1c(F)c(F)c(Cl)c2c1c(=O)c(C(=O)O)cn2-c1cc(N)c(F)cc1CO. The Morgan fingerprint density at radius 2 is 1.89 bits per heavy atom. The molecule has 3 rings (SSSR count). The summed E-state index contributed by atoms with van der Waals surface area (Å²) in [6.07, 6.45) is 0.835. The number of carboxylic acid groups (broad SMARTS) is 1. The maximum atomic E-state index is 14.3. The molecule has 0 saturated carbocycles. The summed E-state index contributed by atoms with van der Waals surface area (Å²) in [5.41, 5.74) is 2.49. The van der Waals surface area contributed by atoms with E-state index in [1.807, 2.05) is 0 Å². The highest BCUT2D eigenvalue weighted by Gasteiger charge is 2.25. The predicted octanol–water partition coefficient (Wildman–Crippen LogP) is 3.14. The molecule has 1 aromatic heterocycles. The Bertz CT molecular complexity index is 1220. The second-order valence-corrected chi connectivity index (χ2v) is 6.38. The van der Waals surface area contributed by atoms with Gasteiger partial charge in [-0.2, -0.15) is 0 Å². The zero-order chi connectivity index (χ0) is 20.9. The summed E-state index contributed by atoms with van der Waals surface area (Å²) in [7, 11) is 0. The van der Waals surface area contributed by atoms with Crippen LogP contribution in [0.15, 0.2) is 23.1 Å². The highest BCUT2D eigenvalue weighted by atomic mass is 35.5. The van der Waals surface area contributed by atoms with Crippen LogP contribution in [0.3, 0.4) is 0 Å². The summed E-state index contributed by atoms with van der Waals surface area (Å²) in [6, 6.07) is 1.96. The quantitative estimate of drug-likeness (QED) is 0.452. The number of nitrogens with two attached hydrogens (primary N) is 1. The van der Waals surface area contributed by atoms with Gasteiger partial charge in [0.05, 0.1) is 28.9 Å². The van der Waals surface area contributed by atoms with Crippen LogP contribution in [-0.2, 0) is 6.61 Å². The minimum atomic E-state index is -1.62. The smallest absolute Gasteiger partial charge is 0.341 e. The number of aliphatic hydroxyl groups is 1. The number of halogens is 4. The van der Waals surface area contributed by atoms with Gasteiger partial charge in [-0.3, -0.25) is 4.79 Å². The zero-order valence-corrected chi connectivity index (χ0v) is 14.9. The third-order valence-corrected chi connectivity index (χ3v) is 4.71. The molecule has 0 amide bonds. The molecule has 0 bridgehead atoms. The summed E-state index contributed by atoms with van der Waals surface area (Å²) in [4.78, 5) is 24.1. The van der Waals surface area contributed by atoms with E-state index >= 15 is 0 Å². The van der Waals surface area contributed by atoms with E-state index in [1.54, 1.807) is 0 Å². The van der Waals surface area contributed by atoms with Gasteiger partial charge in [-0.15, -0.1) is 0 Å². The third-order valence-electron chi connectivity index (χ3n) is 4.36. The van der Waals surface area contributed by atoms with E-state index in [9.17, 15) is 33.0 Å². The van der Waals surface area contributed by atoms with Gasteiger partial charge in [0, 0.05) is 17.3 Å². The molecule has 1 heterocycles. The molecule has 4 N–H and O–H groups in total. The fourth-order valence-electron chi connectivity index (χ4n) is 2.97. The van der Waals surface area contributed by atoms with E-state index in [-0.39, 0.29) is 22.5 Å². The minimum Gasteiger partial charge on any atom is -0.477 e. The first-order valence-corrected chi connectivity index (χ1v) is 8.12. The first-order chi connectivity index (χ1) is 13.1. The van der Waals surface area contributed by atoms with Crippen LogP contribution in [0.5, 0.6) is 0 Å². The van der Waals surface area contributed by atoms with Crippen molar-refractivity contribution >= 4 is 34.2 Å². The van der Waals surface area contributed by atoms with Crippen LogP contribution in [0, 0.1) is 24.4 Å². The first kappa shape index (κ1) is 19.7. The van der Waals surface area contributed by atoms with Gasteiger partial charge in [-0.1, -0.05) is 11.6 Å². The Balaban J connectivity index is 2.65. The van der Waals surface area contributed by atoms with Gasteiger partial charge in [-0.05, 0) is 19.1 Å². The molecule has 0 spiro atoms. The molecule has 3 aromatic rings. The lowest BCUT2D eigenvalue weighted by atomic mass is 10.0. The fraction of sp³-hybridized carbons (Fsp3) is 0.111. The van der Waals surface area contributed by atoms with E-state index in [1.165, 1.54) is 0 Å². The molecule has 6 nitrogen and oxygen atoms in total. The Hall–Kier alpha value is -3.04. The summed E-state index contributed by atoms with van der Waals surface area (Å²) < 4.78 is 43.2. The van der Waals surface area contributed by atoms with E-state index in [0.29, 0.717) is 0 Å². The Labute approximate surface area is 160 Å². The van der Waals surface area contributed by atoms with Gasteiger partial charge < -0.3 is 20.5 Å². The topological polar surface area (TPSA) is 106 Å². The van der Waals surface area contributed by atoms with Crippen LogP contribution < -0.4 is 11.2 Å². The van der Waals surface area contributed by atoms with Crippen molar-refractivity contribution in [1.82, 2.24) is 4.57 Å². The lowest BCUT2D eigenvalue weighted by molar-refractivity contribution is 0.0695. The summed E-state index contributed by atoms with van der Waals surface area (Å²) in [6.45, 7) is 0.406. The largest absolute Gasteiger partial charge is 0.477 e. The number of aryl methyl sites for hydroxylation is 1. The van der Waals surface area contributed by atoms with Gasteiger partial charge >= 0.3 is 5.97 Å². The van der Waals surface area contributed by atoms with E-state index in [4.69, 9.17) is 17.3 Å². The van der Waals surface area contributed by atoms with Crippen molar-refractivity contribution in [1.29, 1.82) is 0 Å². The number of hydrogen-bond donors (Lipinski definition) is 3. The minimum absolute atomic E-state index is 0.0496. The van der Waals surface area contributed by atoms with Crippen molar-refractivity contribution < 1.29 is 28.2 Å². The molecule has 0 aliphatic heterocycles. The Kier molecular flexibility index (Phi) is 4.82. The molecule has 0 aliphatic rings. The number of aromatic nitrogens is 1. The number of anilines is 1. The predicted molar refractivity (Wildman–Crippen MR) is 96.5 cm³/mol. The van der Waals surface area contributed by atoms with Crippen molar-refractivity contribution in [3.05, 3.63) is 67.7 Å². The van der Waals surface area contributed by atoms with Crippen LogP contribution in [0.2, 0.25) is 5.02 Å². The van der Waals surface area contributed by atoms with Gasteiger partial charge in [0.25, 0.3) is 0 Å². The Morgan fingerprint density at radius 3 is 2.46 bits per heavy atom. The number of aliphatic hydroxyl groups excluding tert-OH is 1. The van der Waals surface area contributed by atoms with Gasteiger partial charge in [0.1, 0.15) is 16.4 Å². The molecule has 0 atom stereocenters. The monoisotopic (exact) mass is 412 g/mol. The lowest BCUT2D eigenvalue weighted by Crippen LogP contribution is -2.21. The fourth-order valence-corrected chi connectivity index (χ4v) is 3.23. The normalized spacial score (nSPS) is 11.2. The second-order valence-electron chi connectivity index (χ2n) is 6.00. The van der Waals surface area contributed by atoms with Gasteiger partial charge in [-0.25, -0.2) is 18.0 Å². The maximum absolute atomic E-state index is 14.3. The number of carboxylic acids is 1. The van der Waals surface area contributed by atoms with Crippen LogP contribution >= 0.6 is 11.6 Å². The van der Waals surface area contributed by atoms with Crippen molar-refractivity contribution in [2.45, 2.75) is 13.5 Å². The number of aromatic carboxylic acids is 1. The summed E-state index contributed by atoms with van der Waals surface area (Å²) in [5.74, 6) is -5.31. The van der Waals surface area contributed by atoms with Crippen molar-refractivity contribution in [2.24, 2.45) is 0 Å². The number of carbonyl (C=O) groups is 1. The number of nitrogens with zero attached hydrogens (tertiary/aromatic N) is 1. The number of nitrogen functional groups attached to an aromatic ring is 1. The molecule has 10 heteroatoms. The summed E-state index contributed by atoms with van der Waals surface area (Å²) in [5, 5.41) is 17.7. The number of fused-ring (bicyclic) bond motifs is 1. The number of rotatable bonds is 3. The van der Waals surface area contributed by atoms with E-state index in [2.05, 4.69) is 0 Å². The average Bonchev–Trinajstić information content (AvgIpc) is 2.65. The molecule has 0 radical (unpaired) electrons. The number of pyridine rings is 1. The Morgan fingerprint density at radius 1 is 1.25 bits per heavy atom. The molecular formula is C18H12ClF3N2O4. The molecule has 0 fully saturated rings. The maximum Gasteiger partial charge on any atom is 0.341 e. The molecule has 146 valence electrons. The van der Waals surface area contributed by atoms with Crippen LogP contribution in [0.4, 0.5) is 18.9 Å². The highest BCUT2D eigenvalue weighted by molar-refractivity contribution is 6.35. The molecular weight excluding hydrogens is 401 g/mol. The highest BCUT2D eigenvalue weighted by Crippen LogP contribution is 2.34. The molecule has 0 saturated heterocycles. The number of benzene rings is 2. The second kappa shape index (κ2) is 6.84. The van der Waals surface area contributed by atoms with E-state index in [0.717, 1.165) is 29.8 Å². The van der Waals surface area contributed by atoms with Crippen molar-refractivity contribution in [2.75, 3.05) is 5.73 Å². The molecule has 28 heavy (non-hydrogen) atoms. The number of hydrogen-bond acceptors (Lipinski definition) is 4. The van der Waals surface area contributed by atoms with E-state index < -0.39 is 57.0 Å². The van der Waals surface area contributed by atoms with Gasteiger partial charge in [0.2, 0.25) is 5.43 Å². The average molecular weight is 413 g/mol. The van der Waals surface area contributed by atoms with Crippen molar-refractivity contribution in [3.63, 3.8) is 0 Å². The van der Waals surface area contributed by atoms with Gasteiger partial charge in [0.15, 0.2) is 11.6 Å².